The van der Waals surface area contributed by atoms with Crippen molar-refractivity contribution in [3.63, 3.8) is 0 Å². The SMILES string of the molecule is Cc1cn(Cc2ncc(Cl)cn2)c(-c2ccc(Cl)s2)n1. The Labute approximate surface area is 130 Å². The molecule has 0 unspecified atom stereocenters. The molecule has 4 nitrogen and oxygen atoms in total. The van der Waals surface area contributed by atoms with Crippen molar-refractivity contribution < 1.29 is 0 Å². The van der Waals surface area contributed by atoms with Crippen LogP contribution in [0.3, 0.4) is 0 Å². The molecular formula is C13H10Cl2N4S. The normalized spacial score (nSPS) is 10.9. The van der Waals surface area contributed by atoms with Crippen molar-refractivity contribution in [2.75, 3.05) is 0 Å². The van der Waals surface area contributed by atoms with E-state index in [1.807, 2.05) is 29.8 Å². The van der Waals surface area contributed by atoms with Crippen LogP contribution in [0.25, 0.3) is 10.7 Å². The molecule has 0 radical (unpaired) electrons. The molecule has 0 atom stereocenters. The number of halogens is 2. The standard InChI is InChI=1S/C13H10Cl2N4S/c1-8-6-19(7-12-16-4-9(14)5-17-12)13(18-8)10-2-3-11(15)20-10/h2-6H,7H2,1H3. The molecule has 0 N–H and O–H groups in total. The number of hydrogen-bond acceptors (Lipinski definition) is 4. The second-order valence-electron chi connectivity index (χ2n) is 4.26. The van der Waals surface area contributed by atoms with Crippen molar-refractivity contribution in [3.8, 4) is 10.7 Å². The van der Waals surface area contributed by atoms with E-state index in [9.17, 15) is 0 Å². The summed E-state index contributed by atoms with van der Waals surface area (Å²) in [7, 11) is 0. The molecule has 0 aromatic carbocycles. The van der Waals surface area contributed by atoms with Crippen molar-refractivity contribution in [1.29, 1.82) is 0 Å². The van der Waals surface area contributed by atoms with Crippen LogP contribution in [0, 0.1) is 6.92 Å². The molecule has 20 heavy (non-hydrogen) atoms. The highest BCUT2D eigenvalue weighted by Crippen LogP contribution is 2.30. The number of aryl methyl sites for hydroxylation is 1. The summed E-state index contributed by atoms with van der Waals surface area (Å²) in [5.74, 6) is 1.56. The molecule has 0 spiro atoms. The third-order valence-electron chi connectivity index (χ3n) is 2.68. The number of rotatable bonds is 3. The van der Waals surface area contributed by atoms with E-state index in [0.717, 1.165) is 20.7 Å². The van der Waals surface area contributed by atoms with Gasteiger partial charge in [0, 0.05) is 18.6 Å². The summed E-state index contributed by atoms with van der Waals surface area (Å²) in [6.07, 6.45) is 5.16. The minimum Gasteiger partial charge on any atom is -0.322 e. The minimum absolute atomic E-state index is 0.529. The fourth-order valence-corrected chi connectivity index (χ4v) is 3.02. The Morgan fingerprint density at radius 2 is 1.95 bits per heavy atom. The Morgan fingerprint density at radius 3 is 2.60 bits per heavy atom. The summed E-state index contributed by atoms with van der Waals surface area (Å²) in [5.41, 5.74) is 0.943. The lowest BCUT2D eigenvalue weighted by atomic mass is 10.4. The Bertz CT molecular complexity index is 733. The van der Waals surface area contributed by atoms with Gasteiger partial charge in [-0.05, 0) is 19.1 Å². The van der Waals surface area contributed by atoms with Crippen LogP contribution in [-0.4, -0.2) is 19.5 Å². The van der Waals surface area contributed by atoms with Gasteiger partial charge in [-0.1, -0.05) is 23.2 Å². The first-order valence-corrected chi connectivity index (χ1v) is 7.45. The van der Waals surface area contributed by atoms with Gasteiger partial charge in [-0.2, -0.15) is 0 Å². The van der Waals surface area contributed by atoms with Crippen molar-refractivity contribution in [3.05, 3.63) is 51.6 Å². The van der Waals surface area contributed by atoms with Gasteiger partial charge in [0.1, 0.15) is 5.82 Å². The molecule has 0 aliphatic heterocycles. The second-order valence-corrected chi connectivity index (χ2v) is 6.41. The maximum Gasteiger partial charge on any atom is 0.150 e. The number of aromatic nitrogens is 4. The third-order valence-corrected chi connectivity index (χ3v) is 4.10. The predicted molar refractivity (Wildman–Crippen MR) is 81.4 cm³/mol. The molecule has 3 heterocycles. The van der Waals surface area contributed by atoms with Crippen molar-refractivity contribution >= 4 is 34.5 Å². The maximum atomic E-state index is 5.99. The Kier molecular flexibility index (Phi) is 3.74. The number of imidazole rings is 1. The summed E-state index contributed by atoms with van der Waals surface area (Å²) in [5, 5.41) is 0.529. The summed E-state index contributed by atoms with van der Waals surface area (Å²) >= 11 is 13.3. The topological polar surface area (TPSA) is 43.6 Å². The van der Waals surface area contributed by atoms with Crippen LogP contribution in [0.4, 0.5) is 0 Å². The summed E-state index contributed by atoms with van der Waals surface area (Å²) in [6.45, 7) is 2.50. The quantitative estimate of drug-likeness (QED) is 0.729. The molecule has 0 fully saturated rings. The number of hydrogen-bond donors (Lipinski definition) is 0. The van der Waals surface area contributed by atoms with Gasteiger partial charge in [0.05, 0.1) is 26.5 Å². The molecule has 0 aliphatic rings. The van der Waals surface area contributed by atoms with Crippen molar-refractivity contribution in [2.24, 2.45) is 0 Å². The highest BCUT2D eigenvalue weighted by atomic mass is 35.5. The largest absolute Gasteiger partial charge is 0.322 e. The van der Waals surface area contributed by atoms with Crippen LogP contribution >= 0.6 is 34.5 Å². The molecule has 102 valence electrons. The fourth-order valence-electron chi connectivity index (χ4n) is 1.87. The van der Waals surface area contributed by atoms with E-state index in [2.05, 4.69) is 15.0 Å². The first kappa shape index (κ1) is 13.5. The van der Waals surface area contributed by atoms with Crippen LogP contribution in [0.15, 0.2) is 30.7 Å². The van der Waals surface area contributed by atoms with Crippen LogP contribution in [0.5, 0.6) is 0 Å². The Balaban J connectivity index is 1.95. The first-order valence-electron chi connectivity index (χ1n) is 5.88. The van der Waals surface area contributed by atoms with Gasteiger partial charge >= 0.3 is 0 Å². The summed E-state index contributed by atoms with van der Waals surface area (Å²) < 4.78 is 2.76. The van der Waals surface area contributed by atoms with Crippen molar-refractivity contribution in [2.45, 2.75) is 13.5 Å². The lowest BCUT2D eigenvalue weighted by molar-refractivity contribution is 0.751. The zero-order valence-corrected chi connectivity index (χ0v) is 12.9. The first-order chi connectivity index (χ1) is 9.61. The molecule has 3 aromatic heterocycles. The molecule has 0 bridgehead atoms. The highest BCUT2D eigenvalue weighted by Gasteiger charge is 2.12. The van der Waals surface area contributed by atoms with E-state index in [4.69, 9.17) is 23.2 Å². The predicted octanol–water partition coefficient (Wildman–Crippen LogP) is 4.07. The molecule has 0 saturated carbocycles. The molecule has 7 heteroatoms. The van der Waals surface area contributed by atoms with E-state index in [0.29, 0.717) is 17.4 Å². The van der Waals surface area contributed by atoms with Crippen LogP contribution in [0.2, 0.25) is 9.36 Å². The number of nitrogens with zero attached hydrogens (tertiary/aromatic N) is 4. The van der Waals surface area contributed by atoms with Gasteiger partial charge in [-0.25, -0.2) is 15.0 Å². The molecule has 3 rings (SSSR count). The molecular weight excluding hydrogens is 315 g/mol. The maximum absolute atomic E-state index is 5.99. The lowest BCUT2D eigenvalue weighted by Gasteiger charge is -2.05. The van der Waals surface area contributed by atoms with Gasteiger partial charge in [0.25, 0.3) is 0 Å². The van der Waals surface area contributed by atoms with Gasteiger partial charge in [-0.15, -0.1) is 11.3 Å². The van der Waals surface area contributed by atoms with E-state index >= 15 is 0 Å². The monoisotopic (exact) mass is 324 g/mol. The number of thiophene rings is 1. The van der Waals surface area contributed by atoms with Gasteiger partial charge in [0.2, 0.25) is 0 Å². The molecule has 0 aliphatic carbocycles. The second kappa shape index (κ2) is 5.52. The summed E-state index contributed by atoms with van der Waals surface area (Å²) in [4.78, 5) is 14.0. The molecule has 0 saturated heterocycles. The van der Waals surface area contributed by atoms with Gasteiger partial charge in [-0.3, -0.25) is 0 Å². The van der Waals surface area contributed by atoms with Gasteiger partial charge in [0.15, 0.2) is 5.82 Å². The zero-order valence-electron chi connectivity index (χ0n) is 10.5. The van der Waals surface area contributed by atoms with E-state index in [-0.39, 0.29) is 0 Å². The van der Waals surface area contributed by atoms with E-state index < -0.39 is 0 Å². The van der Waals surface area contributed by atoms with Gasteiger partial charge < -0.3 is 4.57 Å². The minimum atomic E-state index is 0.529. The third kappa shape index (κ3) is 2.85. The van der Waals surface area contributed by atoms with E-state index in [1.165, 1.54) is 11.3 Å². The smallest absolute Gasteiger partial charge is 0.150 e. The van der Waals surface area contributed by atoms with E-state index in [1.54, 1.807) is 12.4 Å². The van der Waals surface area contributed by atoms with Crippen LogP contribution in [-0.2, 0) is 6.54 Å². The Morgan fingerprint density at radius 1 is 1.20 bits per heavy atom. The molecule has 0 amide bonds. The zero-order chi connectivity index (χ0) is 14.1. The van der Waals surface area contributed by atoms with Crippen LogP contribution < -0.4 is 0 Å². The average Bonchev–Trinajstić information content (AvgIpc) is 2.98. The Hall–Kier alpha value is -1.43. The fraction of sp³-hybridized carbons (Fsp3) is 0.154. The van der Waals surface area contributed by atoms with Crippen LogP contribution in [0.1, 0.15) is 11.5 Å². The van der Waals surface area contributed by atoms with Crippen molar-refractivity contribution in [1.82, 2.24) is 19.5 Å². The molecule has 3 aromatic rings. The lowest BCUT2D eigenvalue weighted by Crippen LogP contribution is -2.04. The summed E-state index contributed by atoms with van der Waals surface area (Å²) in [6, 6.07) is 3.84. The highest BCUT2D eigenvalue weighted by molar-refractivity contribution is 7.19. The average molecular weight is 325 g/mol.